The van der Waals surface area contributed by atoms with E-state index in [1.54, 1.807) is 11.1 Å². The van der Waals surface area contributed by atoms with Crippen LogP contribution in [0.2, 0.25) is 0 Å². The van der Waals surface area contributed by atoms with Crippen molar-refractivity contribution in [1.82, 2.24) is 5.01 Å². The second-order valence-electron chi connectivity index (χ2n) is 1.79. The first-order valence-corrected chi connectivity index (χ1v) is 2.51. The van der Waals surface area contributed by atoms with Gasteiger partial charge in [0, 0.05) is 14.1 Å². The highest BCUT2D eigenvalue weighted by Gasteiger charge is 1.79. The highest BCUT2D eigenvalue weighted by molar-refractivity contribution is 5.91. The Bertz CT molecular complexity index is 103. The maximum atomic E-state index is 4.03. The molecular formula is C6H12N2. The smallest absolute Gasteiger partial charge is 0.0568 e. The normalized spacial score (nSPS) is 11.1. The maximum absolute atomic E-state index is 4.03. The molecule has 0 aromatic carbocycles. The topological polar surface area (TPSA) is 15.6 Å². The minimum atomic E-state index is 0.940. The zero-order chi connectivity index (χ0) is 6.57. The summed E-state index contributed by atoms with van der Waals surface area (Å²) in [7, 11) is 3.76. The van der Waals surface area contributed by atoms with Crippen molar-refractivity contribution >= 4 is 5.71 Å². The van der Waals surface area contributed by atoms with Gasteiger partial charge in [-0.05, 0) is 13.0 Å². The molecule has 0 aliphatic heterocycles. The number of hydrogen-bond acceptors (Lipinski definition) is 2. The zero-order valence-electron chi connectivity index (χ0n) is 5.68. The van der Waals surface area contributed by atoms with E-state index >= 15 is 0 Å². The van der Waals surface area contributed by atoms with E-state index in [2.05, 4.69) is 11.7 Å². The highest BCUT2D eigenvalue weighted by Crippen LogP contribution is 1.80. The van der Waals surface area contributed by atoms with Crippen LogP contribution in [0.1, 0.15) is 6.92 Å². The summed E-state index contributed by atoms with van der Waals surface area (Å²) in [6.45, 7) is 5.47. The van der Waals surface area contributed by atoms with Gasteiger partial charge in [-0.15, -0.1) is 0 Å². The van der Waals surface area contributed by atoms with Gasteiger partial charge in [0.25, 0.3) is 0 Å². The summed E-state index contributed by atoms with van der Waals surface area (Å²) in [4.78, 5) is 0. The van der Waals surface area contributed by atoms with Crippen molar-refractivity contribution in [3.63, 3.8) is 0 Å². The lowest BCUT2D eigenvalue weighted by atomic mass is 10.4. The lowest BCUT2D eigenvalue weighted by molar-refractivity contribution is 0.438. The van der Waals surface area contributed by atoms with E-state index in [1.165, 1.54) is 0 Å². The van der Waals surface area contributed by atoms with Crippen LogP contribution in [0.5, 0.6) is 0 Å². The summed E-state index contributed by atoms with van der Waals surface area (Å²) in [6, 6.07) is 0. The number of allylic oxidation sites excluding steroid dienone is 1. The molecule has 0 aromatic rings. The third-order valence-electron chi connectivity index (χ3n) is 0.653. The Morgan fingerprint density at radius 2 is 2.12 bits per heavy atom. The Labute approximate surface area is 50.5 Å². The standard InChI is InChI=1S/C6H12N2/c1-5-6(2)7-8(3)4/h5H,1H2,2-4H3. The predicted octanol–water partition coefficient (Wildman–Crippen LogP) is 1.11. The highest BCUT2D eigenvalue weighted by atomic mass is 15.4. The fraction of sp³-hybridized carbons (Fsp3) is 0.500. The SMILES string of the molecule is C=CC(C)=NN(C)C. The molecule has 0 bridgehead atoms. The number of nitrogens with zero attached hydrogens (tertiary/aromatic N) is 2. The van der Waals surface area contributed by atoms with Crippen LogP contribution < -0.4 is 0 Å². The second-order valence-corrected chi connectivity index (χ2v) is 1.79. The molecule has 2 heteroatoms. The first-order valence-electron chi connectivity index (χ1n) is 2.51. The number of hydrazone groups is 1. The number of hydrogen-bond donors (Lipinski definition) is 0. The average Bonchev–Trinajstić information content (AvgIpc) is 1.65. The largest absolute Gasteiger partial charge is 0.303 e. The molecule has 0 rings (SSSR count). The molecule has 0 saturated heterocycles. The van der Waals surface area contributed by atoms with E-state index in [4.69, 9.17) is 0 Å². The summed E-state index contributed by atoms with van der Waals surface area (Å²) in [6.07, 6.45) is 1.72. The Kier molecular flexibility index (Phi) is 2.92. The molecule has 0 fully saturated rings. The molecule has 46 valence electrons. The Morgan fingerprint density at radius 3 is 2.25 bits per heavy atom. The molecule has 0 aromatic heterocycles. The van der Waals surface area contributed by atoms with Crippen LogP contribution in [-0.2, 0) is 0 Å². The van der Waals surface area contributed by atoms with Crippen LogP contribution >= 0.6 is 0 Å². The lowest BCUT2D eigenvalue weighted by Gasteiger charge is -2.02. The first kappa shape index (κ1) is 7.21. The van der Waals surface area contributed by atoms with Crippen molar-refractivity contribution in [2.24, 2.45) is 5.10 Å². The Hall–Kier alpha value is -0.790. The first-order chi connectivity index (χ1) is 3.66. The van der Waals surface area contributed by atoms with Gasteiger partial charge in [-0.25, -0.2) is 0 Å². The van der Waals surface area contributed by atoms with Gasteiger partial charge in [0.15, 0.2) is 0 Å². The molecule has 0 N–H and O–H groups in total. The third kappa shape index (κ3) is 3.40. The van der Waals surface area contributed by atoms with Crippen LogP contribution in [0.3, 0.4) is 0 Å². The van der Waals surface area contributed by atoms with Gasteiger partial charge in [-0.2, -0.15) is 5.10 Å². The van der Waals surface area contributed by atoms with E-state index in [0.717, 1.165) is 5.71 Å². The predicted molar refractivity (Wildman–Crippen MR) is 37.0 cm³/mol. The van der Waals surface area contributed by atoms with Gasteiger partial charge in [0.1, 0.15) is 0 Å². The van der Waals surface area contributed by atoms with Crippen molar-refractivity contribution in [3.8, 4) is 0 Å². The molecule has 0 radical (unpaired) electrons. The summed E-state index contributed by atoms with van der Waals surface area (Å²) in [5.74, 6) is 0. The fourth-order valence-electron chi connectivity index (χ4n) is 0.356. The molecule has 2 nitrogen and oxygen atoms in total. The maximum Gasteiger partial charge on any atom is 0.0568 e. The van der Waals surface area contributed by atoms with E-state index in [1.807, 2.05) is 21.0 Å². The van der Waals surface area contributed by atoms with Crippen LogP contribution in [0.15, 0.2) is 17.8 Å². The van der Waals surface area contributed by atoms with Crippen LogP contribution in [-0.4, -0.2) is 24.8 Å². The van der Waals surface area contributed by atoms with Gasteiger partial charge in [0.05, 0.1) is 5.71 Å². The quantitative estimate of drug-likeness (QED) is 0.386. The summed E-state index contributed by atoms with van der Waals surface area (Å²) < 4.78 is 0. The molecule has 8 heavy (non-hydrogen) atoms. The molecule has 0 atom stereocenters. The zero-order valence-corrected chi connectivity index (χ0v) is 5.68. The van der Waals surface area contributed by atoms with Crippen LogP contribution in [0.25, 0.3) is 0 Å². The molecule has 0 saturated carbocycles. The third-order valence-corrected chi connectivity index (χ3v) is 0.653. The molecule has 0 spiro atoms. The van der Waals surface area contributed by atoms with Gasteiger partial charge in [-0.3, -0.25) is 0 Å². The van der Waals surface area contributed by atoms with Crippen molar-refractivity contribution in [3.05, 3.63) is 12.7 Å². The average molecular weight is 112 g/mol. The van der Waals surface area contributed by atoms with E-state index in [9.17, 15) is 0 Å². The van der Waals surface area contributed by atoms with Gasteiger partial charge in [0.2, 0.25) is 0 Å². The fourth-order valence-corrected chi connectivity index (χ4v) is 0.356. The summed E-state index contributed by atoms with van der Waals surface area (Å²) in [5, 5.41) is 5.77. The minimum absolute atomic E-state index is 0.940. The second kappa shape index (κ2) is 3.24. The molecule has 0 heterocycles. The van der Waals surface area contributed by atoms with Crippen molar-refractivity contribution in [1.29, 1.82) is 0 Å². The molecular weight excluding hydrogens is 100 g/mol. The van der Waals surface area contributed by atoms with Crippen LogP contribution in [0.4, 0.5) is 0 Å². The van der Waals surface area contributed by atoms with E-state index in [0.29, 0.717) is 0 Å². The van der Waals surface area contributed by atoms with Crippen molar-refractivity contribution < 1.29 is 0 Å². The Balaban J connectivity index is 3.74. The monoisotopic (exact) mass is 112 g/mol. The Morgan fingerprint density at radius 1 is 1.62 bits per heavy atom. The van der Waals surface area contributed by atoms with E-state index in [-0.39, 0.29) is 0 Å². The van der Waals surface area contributed by atoms with Gasteiger partial charge < -0.3 is 5.01 Å². The van der Waals surface area contributed by atoms with E-state index < -0.39 is 0 Å². The van der Waals surface area contributed by atoms with Crippen LogP contribution in [0, 0.1) is 0 Å². The van der Waals surface area contributed by atoms with Crippen molar-refractivity contribution in [2.75, 3.05) is 14.1 Å². The lowest BCUT2D eigenvalue weighted by Crippen LogP contribution is -2.04. The minimum Gasteiger partial charge on any atom is -0.303 e. The van der Waals surface area contributed by atoms with Gasteiger partial charge >= 0.3 is 0 Å². The molecule has 0 amide bonds. The van der Waals surface area contributed by atoms with Gasteiger partial charge in [-0.1, -0.05) is 6.58 Å². The molecule has 0 aliphatic carbocycles. The van der Waals surface area contributed by atoms with Crippen molar-refractivity contribution in [2.45, 2.75) is 6.92 Å². The summed E-state index contributed by atoms with van der Waals surface area (Å²) >= 11 is 0. The summed E-state index contributed by atoms with van der Waals surface area (Å²) in [5.41, 5.74) is 0.940. The number of rotatable bonds is 2. The molecule has 0 unspecified atom stereocenters. The molecule has 0 aliphatic rings.